The normalized spacial score (nSPS) is 19.8. The van der Waals surface area contributed by atoms with Crippen LogP contribution in [0.15, 0.2) is 11.6 Å². The van der Waals surface area contributed by atoms with Gasteiger partial charge in [-0.2, -0.15) is 0 Å². The molecular weight excluding hydrogens is 316 g/mol. The van der Waals surface area contributed by atoms with Gasteiger partial charge in [0.2, 0.25) is 5.91 Å². The molecular formula is C16H20N2O6. The summed E-state index contributed by atoms with van der Waals surface area (Å²) in [7, 11) is 0. The number of allylic oxidation sites excluding steroid dienone is 1. The molecule has 4 amide bonds. The van der Waals surface area contributed by atoms with E-state index in [1.165, 1.54) is 4.90 Å². The molecule has 2 heterocycles. The van der Waals surface area contributed by atoms with Crippen molar-refractivity contribution in [2.24, 2.45) is 0 Å². The highest BCUT2D eigenvalue weighted by molar-refractivity contribution is 6.13. The molecule has 2 saturated heterocycles. The van der Waals surface area contributed by atoms with E-state index in [0.717, 1.165) is 0 Å². The van der Waals surface area contributed by atoms with Crippen molar-refractivity contribution in [2.45, 2.75) is 51.9 Å². The highest BCUT2D eigenvalue weighted by atomic mass is 16.7. The standard InChI is InChI=1S/C16H20N2O6/c1-2-11-10-14(21)17(16(11)23)9-5-3-4-6-15(22)24-18-12(19)7-8-13(18)20/h2H,3-10H2,1H3. The molecule has 24 heavy (non-hydrogen) atoms. The Morgan fingerprint density at radius 1 is 1.04 bits per heavy atom. The van der Waals surface area contributed by atoms with Gasteiger partial charge in [-0.3, -0.25) is 24.1 Å². The molecule has 0 saturated carbocycles. The number of nitrogens with zero attached hydrogens (tertiary/aromatic N) is 2. The first-order chi connectivity index (χ1) is 11.4. The summed E-state index contributed by atoms with van der Waals surface area (Å²) in [5.74, 6) is -2.08. The number of likely N-dealkylation sites (tertiary alicyclic amines) is 1. The maximum absolute atomic E-state index is 11.9. The summed E-state index contributed by atoms with van der Waals surface area (Å²) in [6.07, 6.45) is 3.70. The van der Waals surface area contributed by atoms with E-state index in [9.17, 15) is 24.0 Å². The van der Waals surface area contributed by atoms with E-state index in [1.54, 1.807) is 13.0 Å². The molecule has 8 heteroatoms. The van der Waals surface area contributed by atoms with Gasteiger partial charge in [0.05, 0.1) is 6.42 Å². The van der Waals surface area contributed by atoms with Gasteiger partial charge in [0, 0.05) is 31.4 Å². The molecule has 2 aliphatic rings. The molecule has 130 valence electrons. The van der Waals surface area contributed by atoms with Gasteiger partial charge in [0.25, 0.3) is 17.7 Å². The first kappa shape index (κ1) is 17.8. The molecule has 2 fully saturated rings. The van der Waals surface area contributed by atoms with Crippen LogP contribution in [0.1, 0.15) is 51.9 Å². The second-order valence-electron chi connectivity index (χ2n) is 5.70. The van der Waals surface area contributed by atoms with Crippen molar-refractivity contribution >= 4 is 29.6 Å². The Balaban J connectivity index is 1.64. The zero-order chi connectivity index (χ0) is 17.7. The van der Waals surface area contributed by atoms with Crippen molar-refractivity contribution < 1.29 is 28.8 Å². The Hall–Kier alpha value is -2.51. The molecule has 0 atom stereocenters. The summed E-state index contributed by atoms with van der Waals surface area (Å²) in [5.41, 5.74) is 0.517. The summed E-state index contributed by atoms with van der Waals surface area (Å²) in [4.78, 5) is 63.8. The van der Waals surface area contributed by atoms with Crippen molar-refractivity contribution in [3.05, 3.63) is 11.6 Å². The van der Waals surface area contributed by atoms with Gasteiger partial charge in [0.15, 0.2) is 0 Å². The van der Waals surface area contributed by atoms with Crippen molar-refractivity contribution in [1.82, 2.24) is 9.96 Å². The largest absolute Gasteiger partial charge is 0.333 e. The van der Waals surface area contributed by atoms with E-state index < -0.39 is 17.8 Å². The molecule has 8 nitrogen and oxygen atoms in total. The summed E-state index contributed by atoms with van der Waals surface area (Å²) in [5, 5.41) is 0.530. The number of amides is 4. The topological polar surface area (TPSA) is 101 Å². The second-order valence-corrected chi connectivity index (χ2v) is 5.70. The fourth-order valence-corrected chi connectivity index (χ4v) is 2.59. The third-order valence-electron chi connectivity index (χ3n) is 3.97. The van der Waals surface area contributed by atoms with Crippen LogP contribution in [-0.4, -0.2) is 46.1 Å². The average Bonchev–Trinajstić information content (AvgIpc) is 3.01. The van der Waals surface area contributed by atoms with Gasteiger partial charge < -0.3 is 4.84 Å². The number of hydroxylamine groups is 2. The Morgan fingerprint density at radius 2 is 1.71 bits per heavy atom. The first-order valence-corrected chi connectivity index (χ1v) is 8.00. The second kappa shape index (κ2) is 7.85. The molecule has 0 aliphatic carbocycles. The average molecular weight is 336 g/mol. The zero-order valence-electron chi connectivity index (χ0n) is 13.6. The molecule has 0 N–H and O–H groups in total. The van der Waals surface area contributed by atoms with Crippen molar-refractivity contribution in [3.63, 3.8) is 0 Å². The summed E-state index contributed by atoms with van der Waals surface area (Å²) >= 11 is 0. The van der Waals surface area contributed by atoms with Crippen LogP contribution in [0.25, 0.3) is 0 Å². The van der Waals surface area contributed by atoms with Crippen LogP contribution >= 0.6 is 0 Å². The third-order valence-corrected chi connectivity index (χ3v) is 3.97. The number of carbonyl (C=O) groups excluding carboxylic acids is 5. The lowest BCUT2D eigenvalue weighted by atomic mass is 10.2. The zero-order valence-corrected chi connectivity index (χ0v) is 13.6. The highest BCUT2D eigenvalue weighted by Crippen LogP contribution is 2.19. The van der Waals surface area contributed by atoms with Gasteiger partial charge >= 0.3 is 5.97 Å². The van der Waals surface area contributed by atoms with Crippen molar-refractivity contribution in [2.75, 3.05) is 6.54 Å². The Bertz CT molecular complexity index is 594. The quantitative estimate of drug-likeness (QED) is 0.388. The van der Waals surface area contributed by atoms with Crippen LogP contribution in [0.3, 0.4) is 0 Å². The Morgan fingerprint density at radius 3 is 2.29 bits per heavy atom. The fourth-order valence-electron chi connectivity index (χ4n) is 2.59. The number of hydrogen-bond donors (Lipinski definition) is 0. The number of hydrogen-bond acceptors (Lipinski definition) is 6. The van der Waals surface area contributed by atoms with E-state index in [0.29, 0.717) is 36.4 Å². The van der Waals surface area contributed by atoms with E-state index in [4.69, 9.17) is 4.84 Å². The summed E-state index contributed by atoms with van der Waals surface area (Å²) < 4.78 is 0. The third kappa shape index (κ3) is 4.06. The molecule has 2 aliphatic heterocycles. The molecule has 0 spiro atoms. The highest BCUT2D eigenvalue weighted by Gasteiger charge is 2.33. The smallest absolute Gasteiger partial charge is 0.330 e. The predicted molar refractivity (Wildman–Crippen MR) is 80.7 cm³/mol. The number of unbranched alkanes of at least 4 members (excludes halogenated alkanes) is 2. The van der Waals surface area contributed by atoms with Gasteiger partial charge in [-0.1, -0.05) is 12.5 Å². The minimum absolute atomic E-state index is 0.0677. The van der Waals surface area contributed by atoms with Crippen LogP contribution in [-0.2, 0) is 28.8 Å². The lowest BCUT2D eigenvalue weighted by Crippen LogP contribution is -2.32. The summed E-state index contributed by atoms with van der Waals surface area (Å²) in [6.45, 7) is 2.05. The van der Waals surface area contributed by atoms with Gasteiger partial charge in [-0.25, -0.2) is 4.79 Å². The van der Waals surface area contributed by atoms with Crippen LogP contribution in [0.4, 0.5) is 0 Å². The lowest BCUT2D eigenvalue weighted by Gasteiger charge is -2.14. The lowest BCUT2D eigenvalue weighted by molar-refractivity contribution is -0.197. The minimum Gasteiger partial charge on any atom is -0.330 e. The maximum Gasteiger partial charge on any atom is 0.333 e. The van der Waals surface area contributed by atoms with Crippen LogP contribution in [0.5, 0.6) is 0 Å². The molecule has 0 unspecified atom stereocenters. The molecule has 2 rings (SSSR count). The number of carbonyl (C=O) groups is 5. The van der Waals surface area contributed by atoms with Crippen molar-refractivity contribution in [1.29, 1.82) is 0 Å². The predicted octanol–water partition coefficient (Wildman–Crippen LogP) is 0.859. The van der Waals surface area contributed by atoms with Crippen LogP contribution in [0.2, 0.25) is 0 Å². The molecule has 0 aromatic carbocycles. The number of rotatable bonds is 7. The van der Waals surface area contributed by atoms with E-state index >= 15 is 0 Å². The Labute approximate surface area is 139 Å². The van der Waals surface area contributed by atoms with Crippen molar-refractivity contribution in [3.8, 4) is 0 Å². The first-order valence-electron chi connectivity index (χ1n) is 8.00. The van der Waals surface area contributed by atoms with E-state index in [1.807, 2.05) is 0 Å². The number of imide groups is 2. The SMILES string of the molecule is CC=C1CC(=O)N(CCCCCC(=O)ON2C(=O)CCC2=O)C1=O. The fraction of sp³-hybridized carbons (Fsp3) is 0.562. The molecule has 0 radical (unpaired) electrons. The van der Waals surface area contributed by atoms with Gasteiger partial charge in [-0.05, 0) is 19.8 Å². The molecule has 0 aromatic rings. The van der Waals surface area contributed by atoms with Gasteiger partial charge in [0.1, 0.15) is 0 Å². The Kier molecular flexibility index (Phi) is 5.83. The monoisotopic (exact) mass is 336 g/mol. The minimum atomic E-state index is -0.636. The maximum atomic E-state index is 11.9. The summed E-state index contributed by atoms with van der Waals surface area (Å²) in [6, 6.07) is 0. The van der Waals surface area contributed by atoms with E-state index in [2.05, 4.69) is 0 Å². The molecule has 0 bridgehead atoms. The van der Waals surface area contributed by atoms with Crippen LogP contribution in [0, 0.1) is 0 Å². The van der Waals surface area contributed by atoms with Gasteiger partial charge in [-0.15, -0.1) is 5.06 Å². The van der Waals surface area contributed by atoms with E-state index in [-0.39, 0.29) is 37.5 Å². The molecule has 0 aromatic heterocycles. The van der Waals surface area contributed by atoms with Crippen LogP contribution < -0.4 is 0 Å².